The van der Waals surface area contributed by atoms with Gasteiger partial charge in [-0.2, -0.15) is 13.2 Å². The highest BCUT2D eigenvalue weighted by atomic mass is 19.4. The fourth-order valence-electron chi connectivity index (χ4n) is 2.05. The van der Waals surface area contributed by atoms with E-state index in [1.54, 1.807) is 7.05 Å². The number of alkyl halides is 3. The van der Waals surface area contributed by atoms with Crippen molar-refractivity contribution in [2.24, 2.45) is 7.05 Å². The summed E-state index contributed by atoms with van der Waals surface area (Å²) in [7, 11) is 3.10. The second-order valence-corrected chi connectivity index (χ2v) is 5.22. The molecule has 0 radical (unpaired) electrons. The molecule has 1 amide bonds. The maximum Gasteiger partial charge on any atom is 0.416 e. The average molecular weight is 324 g/mol. The topological polar surface area (TPSA) is 42.3 Å². The molecular formula is C16H15F3N2O2. The van der Waals surface area contributed by atoms with E-state index in [4.69, 9.17) is 0 Å². The van der Waals surface area contributed by atoms with Crippen LogP contribution in [0.5, 0.6) is 0 Å². The lowest BCUT2D eigenvalue weighted by molar-refractivity contribution is -0.137. The Hall–Kier alpha value is -2.57. The van der Waals surface area contributed by atoms with E-state index in [2.05, 4.69) is 0 Å². The number of carbonyl (C=O) groups is 1. The zero-order valence-corrected chi connectivity index (χ0v) is 12.6. The number of benzene rings is 1. The standard InChI is InChI=1S/C16H15F3N2O2/c1-20-8-7-12(9-14(20)22)15(23)21(2)10-11-3-5-13(6-4-11)16(17,18)19/h3-9H,10H2,1-2H3. The Morgan fingerprint density at radius 3 is 2.30 bits per heavy atom. The van der Waals surface area contributed by atoms with Crippen molar-refractivity contribution in [3.63, 3.8) is 0 Å². The molecule has 1 aromatic carbocycles. The van der Waals surface area contributed by atoms with Crippen molar-refractivity contribution in [3.8, 4) is 0 Å². The first-order chi connectivity index (χ1) is 10.7. The molecule has 122 valence electrons. The third-order valence-corrected chi connectivity index (χ3v) is 3.40. The number of rotatable bonds is 3. The molecular weight excluding hydrogens is 309 g/mol. The Morgan fingerprint density at radius 2 is 1.78 bits per heavy atom. The Labute approximate surface area is 130 Å². The molecule has 23 heavy (non-hydrogen) atoms. The summed E-state index contributed by atoms with van der Waals surface area (Å²) in [5, 5.41) is 0. The number of amides is 1. The summed E-state index contributed by atoms with van der Waals surface area (Å²) in [4.78, 5) is 25.1. The quantitative estimate of drug-likeness (QED) is 0.871. The first kappa shape index (κ1) is 16.8. The summed E-state index contributed by atoms with van der Waals surface area (Å²) in [6, 6.07) is 7.36. The van der Waals surface area contributed by atoms with Crippen molar-refractivity contribution in [3.05, 3.63) is 69.6 Å². The number of aromatic nitrogens is 1. The molecule has 0 aliphatic carbocycles. The van der Waals surface area contributed by atoms with Crippen LogP contribution >= 0.6 is 0 Å². The van der Waals surface area contributed by atoms with Gasteiger partial charge in [0.15, 0.2) is 0 Å². The minimum Gasteiger partial charge on any atom is -0.337 e. The van der Waals surface area contributed by atoms with Crippen LogP contribution in [0.3, 0.4) is 0 Å². The number of hydrogen-bond acceptors (Lipinski definition) is 2. The molecule has 1 aromatic heterocycles. The lowest BCUT2D eigenvalue weighted by Gasteiger charge is -2.18. The largest absolute Gasteiger partial charge is 0.416 e. The number of nitrogens with zero attached hydrogens (tertiary/aromatic N) is 2. The fraction of sp³-hybridized carbons (Fsp3) is 0.250. The van der Waals surface area contributed by atoms with E-state index in [-0.39, 0.29) is 23.6 Å². The molecule has 1 heterocycles. The normalized spacial score (nSPS) is 11.3. The van der Waals surface area contributed by atoms with Gasteiger partial charge in [-0.15, -0.1) is 0 Å². The number of aryl methyl sites for hydroxylation is 1. The third-order valence-electron chi connectivity index (χ3n) is 3.40. The smallest absolute Gasteiger partial charge is 0.337 e. The molecule has 2 rings (SSSR count). The van der Waals surface area contributed by atoms with E-state index in [1.807, 2.05) is 0 Å². The van der Waals surface area contributed by atoms with Crippen LogP contribution in [0.25, 0.3) is 0 Å². The Kier molecular flexibility index (Phi) is 4.58. The summed E-state index contributed by atoms with van der Waals surface area (Å²) in [5.74, 6) is -0.373. The molecule has 0 N–H and O–H groups in total. The van der Waals surface area contributed by atoms with Gasteiger partial charge in [0, 0.05) is 38.5 Å². The Balaban J connectivity index is 2.11. The monoisotopic (exact) mass is 324 g/mol. The van der Waals surface area contributed by atoms with E-state index in [1.165, 1.54) is 47.0 Å². The number of halogens is 3. The fourth-order valence-corrected chi connectivity index (χ4v) is 2.05. The lowest BCUT2D eigenvalue weighted by atomic mass is 10.1. The predicted molar refractivity (Wildman–Crippen MR) is 78.9 cm³/mol. The summed E-state index contributed by atoms with van der Waals surface area (Å²) < 4.78 is 38.9. The summed E-state index contributed by atoms with van der Waals surface area (Å²) >= 11 is 0. The van der Waals surface area contributed by atoms with Crippen LogP contribution < -0.4 is 5.56 Å². The number of carbonyl (C=O) groups excluding carboxylic acids is 1. The predicted octanol–water partition coefficient (Wildman–Crippen LogP) is 2.68. The van der Waals surface area contributed by atoms with Gasteiger partial charge in [0.05, 0.1) is 5.56 Å². The van der Waals surface area contributed by atoms with Crippen molar-refractivity contribution in [1.29, 1.82) is 0 Å². The van der Waals surface area contributed by atoms with E-state index >= 15 is 0 Å². The van der Waals surface area contributed by atoms with Gasteiger partial charge in [0.25, 0.3) is 11.5 Å². The highest BCUT2D eigenvalue weighted by molar-refractivity contribution is 5.93. The van der Waals surface area contributed by atoms with Crippen molar-refractivity contribution in [1.82, 2.24) is 9.47 Å². The molecule has 0 atom stereocenters. The van der Waals surface area contributed by atoms with E-state index < -0.39 is 11.7 Å². The van der Waals surface area contributed by atoms with Gasteiger partial charge in [0.2, 0.25) is 0 Å². The zero-order chi connectivity index (χ0) is 17.2. The van der Waals surface area contributed by atoms with Gasteiger partial charge in [-0.05, 0) is 23.8 Å². The van der Waals surface area contributed by atoms with Crippen LogP contribution in [-0.2, 0) is 19.8 Å². The van der Waals surface area contributed by atoms with Crippen LogP contribution in [0, 0.1) is 0 Å². The molecule has 0 saturated carbocycles. The third kappa shape index (κ3) is 4.00. The second-order valence-electron chi connectivity index (χ2n) is 5.22. The van der Waals surface area contributed by atoms with Crippen molar-refractivity contribution in [2.75, 3.05) is 7.05 Å². The van der Waals surface area contributed by atoms with Crippen LogP contribution in [0.2, 0.25) is 0 Å². The van der Waals surface area contributed by atoms with Crippen LogP contribution in [-0.4, -0.2) is 22.4 Å². The van der Waals surface area contributed by atoms with Crippen LogP contribution in [0.1, 0.15) is 21.5 Å². The highest BCUT2D eigenvalue weighted by Crippen LogP contribution is 2.29. The van der Waals surface area contributed by atoms with Crippen LogP contribution in [0.4, 0.5) is 13.2 Å². The SMILES string of the molecule is CN(Cc1ccc(C(F)(F)F)cc1)C(=O)c1ccn(C)c(=O)c1. The maximum absolute atomic E-state index is 12.5. The van der Waals surface area contributed by atoms with Gasteiger partial charge in [-0.25, -0.2) is 0 Å². The molecule has 7 heteroatoms. The molecule has 2 aromatic rings. The number of hydrogen-bond donors (Lipinski definition) is 0. The molecule has 0 aliphatic rings. The van der Waals surface area contributed by atoms with E-state index in [0.717, 1.165) is 12.1 Å². The van der Waals surface area contributed by atoms with Crippen molar-refractivity contribution >= 4 is 5.91 Å². The van der Waals surface area contributed by atoms with E-state index in [9.17, 15) is 22.8 Å². The summed E-state index contributed by atoms with van der Waals surface area (Å²) in [6.45, 7) is 0.145. The molecule has 0 aliphatic heterocycles. The summed E-state index contributed by atoms with van der Waals surface area (Å²) in [6.07, 6.45) is -2.90. The minimum absolute atomic E-state index is 0.145. The molecule has 0 fully saturated rings. The molecule has 0 bridgehead atoms. The molecule has 0 saturated heterocycles. The van der Waals surface area contributed by atoms with Crippen LogP contribution in [0.15, 0.2) is 47.4 Å². The first-order valence-corrected chi connectivity index (χ1v) is 6.77. The van der Waals surface area contributed by atoms with Crippen molar-refractivity contribution in [2.45, 2.75) is 12.7 Å². The Morgan fingerprint density at radius 1 is 1.17 bits per heavy atom. The molecule has 0 unspecified atom stereocenters. The molecule has 0 spiro atoms. The Bertz CT molecular complexity index is 764. The van der Waals surface area contributed by atoms with Gasteiger partial charge < -0.3 is 9.47 Å². The number of pyridine rings is 1. The van der Waals surface area contributed by atoms with E-state index in [0.29, 0.717) is 5.56 Å². The molecule has 4 nitrogen and oxygen atoms in total. The van der Waals surface area contributed by atoms with Gasteiger partial charge in [0.1, 0.15) is 0 Å². The first-order valence-electron chi connectivity index (χ1n) is 6.77. The zero-order valence-electron chi connectivity index (χ0n) is 12.6. The maximum atomic E-state index is 12.5. The lowest BCUT2D eigenvalue weighted by Crippen LogP contribution is -2.28. The van der Waals surface area contributed by atoms with Gasteiger partial charge >= 0.3 is 6.18 Å². The van der Waals surface area contributed by atoms with Crippen molar-refractivity contribution < 1.29 is 18.0 Å². The van der Waals surface area contributed by atoms with Gasteiger partial charge in [-0.3, -0.25) is 9.59 Å². The second kappa shape index (κ2) is 6.28. The average Bonchev–Trinajstić information content (AvgIpc) is 2.49. The highest BCUT2D eigenvalue weighted by Gasteiger charge is 2.30. The van der Waals surface area contributed by atoms with Gasteiger partial charge in [-0.1, -0.05) is 12.1 Å². The minimum atomic E-state index is -4.38. The summed E-state index contributed by atoms with van der Waals surface area (Å²) in [5.41, 5.74) is -0.235.